The Kier molecular flexibility index (Phi) is 11.7. The standard InChI is InChI=1S/C26H41NO7Si/c1-10-14-22(32-19(3)28)23(27-25(30)31-17-21-15-12-11-13-16-21)24(33-20(4)29)18(2)34-35(8,9)26(5,6)7/h10-16,18,22-24H,17H2,1-9H3,(H,27,30)/b14-10+/t18-,22-,23-,24-/m0/s1. The Hall–Kier alpha value is -2.65. The lowest BCUT2D eigenvalue weighted by Gasteiger charge is -2.42. The van der Waals surface area contributed by atoms with Crippen molar-refractivity contribution < 1.29 is 33.0 Å². The summed E-state index contributed by atoms with van der Waals surface area (Å²) in [6.07, 6.45) is 0.101. The zero-order chi connectivity index (χ0) is 26.8. The van der Waals surface area contributed by atoms with Crippen LogP contribution in [0.5, 0.6) is 0 Å². The third-order valence-electron chi connectivity index (χ3n) is 5.94. The van der Waals surface area contributed by atoms with Crippen LogP contribution in [0.15, 0.2) is 42.5 Å². The van der Waals surface area contributed by atoms with E-state index in [2.05, 4.69) is 39.2 Å². The number of amides is 1. The van der Waals surface area contributed by atoms with Crippen molar-refractivity contribution in [2.45, 2.75) is 97.6 Å². The predicted octanol–water partition coefficient (Wildman–Crippen LogP) is 5.13. The van der Waals surface area contributed by atoms with E-state index >= 15 is 0 Å². The number of esters is 2. The van der Waals surface area contributed by atoms with Crippen LogP contribution in [0.25, 0.3) is 0 Å². The first-order valence-electron chi connectivity index (χ1n) is 11.8. The SMILES string of the molecule is C/C=C/[C@H](OC(C)=O)[C@H](NC(=O)OCc1ccccc1)[C@@H](OC(C)=O)[C@H](C)O[Si](C)(C)C(C)(C)C. The Morgan fingerprint density at radius 1 is 1.03 bits per heavy atom. The molecular weight excluding hydrogens is 466 g/mol. The smallest absolute Gasteiger partial charge is 0.407 e. The van der Waals surface area contributed by atoms with Gasteiger partial charge in [-0.25, -0.2) is 4.79 Å². The third-order valence-corrected chi connectivity index (χ3v) is 10.5. The summed E-state index contributed by atoms with van der Waals surface area (Å²) >= 11 is 0. The van der Waals surface area contributed by atoms with E-state index in [1.54, 1.807) is 26.0 Å². The van der Waals surface area contributed by atoms with Gasteiger partial charge in [0.05, 0.1) is 6.10 Å². The Balaban J connectivity index is 3.29. The van der Waals surface area contributed by atoms with Gasteiger partial charge in [-0.3, -0.25) is 9.59 Å². The Morgan fingerprint density at radius 2 is 1.60 bits per heavy atom. The maximum atomic E-state index is 12.8. The summed E-state index contributed by atoms with van der Waals surface area (Å²) in [5.74, 6) is -1.09. The van der Waals surface area contributed by atoms with Crippen LogP contribution >= 0.6 is 0 Å². The fraction of sp³-hybridized carbons (Fsp3) is 0.577. The molecule has 8 nitrogen and oxygen atoms in total. The van der Waals surface area contributed by atoms with E-state index in [1.807, 2.05) is 30.3 Å². The fourth-order valence-electron chi connectivity index (χ4n) is 3.23. The van der Waals surface area contributed by atoms with Gasteiger partial charge in [0.15, 0.2) is 14.4 Å². The van der Waals surface area contributed by atoms with Crippen LogP contribution in [-0.4, -0.2) is 50.7 Å². The molecule has 0 aliphatic rings. The van der Waals surface area contributed by atoms with Crippen molar-refractivity contribution in [3.8, 4) is 0 Å². The van der Waals surface area contributed by atoms with Crippen molar-refractivity contribution in [3.05, 3.63) is 48.0 Å². The molecule has 0 saturated heterocycles. The molecule has 0 saturated carbocycles. The maximum Gasteiger partial charge on any atom is 0.407 e. The summed E-state index contributed by atoms with van der Waals surface area (Å²) in [4.78, 5) is 36.8. The first-order chi connectivity index (χ1) is 16.2. The monoisotopic (exact) mass is 507 g/mol. The van der Waals surface area contributed by atoms with Gasteiger partial charge in [0.1, 0.15) is 18.8 Å². The number of hydrogen-bond acceptors (Lipinski definition) is 7. The molecule has 1 aromatic carbocycles. The normalized spacial score (nSPS) is 15.6. The van der Waals surface area contributed by atoms with E-state index < -0.39 is 50.7 Å². The number of allylic oxidation sites excluding steroid dienone is 1. The van der Waals surface area contributed by atoms with Gasteiger partial charge in [-0.05, 0) is 43.6 Å². The average molecular weight is 508 g/mol. The van der Waals surface area contributed by atoms with Gasteiger partial charge in [0.2, 0.25) is 0 Å². The number of rotatable bonds is 11. The van der Waals surface area contributed by atoms with Crippen molar-refractivity contribution in [1.82, 2.24) is 5.32 Å². The second-order valence-electron chi connectivity index (χ2n) is 9.99. The number of carbonyl (C=O) groups excluding carboxylic acids is 3. The highest BCUT2D eigenvalue weighted by Gasteiger charge is 2.44. The molecule has 1 amide bonds. The topological polar surface area (TPSA) is 100 Å². The molecule has 35 heavy (non-hydrogen) atoms. The lowest BCUT2D eigenvalue weighted by Crippen LogP contribution is -2.58. The van der Waals surface area contributed by atoms with Crippen molar-refractivity contribution >= 4 is 26.3 Å². The van der Waals surface area contributed by atoms with E-state index in [0.717, 1.165) is 5.56 Å². The lowest BCUT2D eigenvalue weighted by atomic mass is 9.99. The zero-order valence-electron chi connectivity index (χ0n) is 22.4. The van der Waals surface area contributed by atoms with E-state index in [4.69, 9.17) is 18.6 Å². The minimum atomic E-state index is -2.27. The second kappa shape index (κ2) is 13.4. The summed E-state index contributed by atoms with van der Waals surface area (Å²) in [5, 5.41) is 2.66. The van der Waals surface area contributed by atoms with E-state index in [0.29, 0.717) is 0 Å². The largest absolute Gasteiger partial charge is 0.457 e. The number of carbonyl (C=O) groups is 3. The lowest BCUT2D eigenvalue weighted by molar-refractivity contribution is -0.159. The molecule has 0 heterocycles. The minimum absolute atomic E-state index is 0.0511. The summed E-state index contributed by atoms with van der Waals surface area (Å²) in [7, 11) is -2.27. The third kappa shape index (κ3) is 10.2. The molecule has 0 radical (unpaired) electrons. The Labute approximate surface area is 210 Å². The average Bonchev–Trinajstić information content (AvgIpc) is 2.73. The van der Waals surface area contributed by atoms with Crippen molar-refractivity contribution in [2.24, 2.45) is 0 Å². The summed E-state index contributed by atoms with van der Waals surface area (Å²) in [5.41, 5.74) is 0.815. The maximum absolute atomic E-state index is 12.8. The molecule has 196 valence electrons. The molecule has 0 spiro atoms. The minimum Gasteiger partial charge on any atom is -0.457 e. The van der Waals surface area contributed by atoms with Crippen LogP contribution in [-0.2, 0) is 34.8 Å². The van der Waals surface area contributed by atoms with Gasteiger partial charge in [0, 0.05) is 13.8 Å². The molecule has 1 rings (SSSR count). The number of alkyl carbamates (subject to hydrolysis) is 1. The Morgan fingerprint density at radius 3 is 2.09 bits per heavy atom. The molecular formula is C26H41NO7Si. The molecule has 9 heteroatoms. The van der Waals surface area contributed by atoms with Crippen LogP contribution in [0.2, 0.25) is 18.1 Å². The molecule has 4 atom stereocenters. The zero-order valence-corrected chi connectivity index (χ0v) is 23.4. The molecule has 0 fully saturated rings. The Bertz CT molecular complexity index is 864. The molecule has 0 bridgehead atoms. The molecule has 0 aromatic heterocycles. The molecule has 0 aliphatic heterocycles. The van der Waals surface area contributed by atoms with Crippen LogP contribution in [0.3, 0.4) is 0 Å². The quantitative estimate of drug-likeness (QED) is 0.192. The van der Waals surface area contributed by atoms with Gasteiger partial charge in [-0.2, -0.15) is 0 Å². The van der Waals surface area contributed by atoms with Crippen LogP contribution in [0, 0.1) is 0 Å². The van der Waals surface area contributed by atoms with Gasteiger partial charge >= 0.3 is 18.0 Å². The highest BCUT2D eigenvalue weighted by atomic mass is 28.4. The van der Waals surface area contributed by atoms with Crippen LogP contribution in [0.1, 0.15) is 54.0 Å². The predicted molar refractivity (Wildman–Crippen MR) is 137 cm³/mol. The van der Waals surface area contributed by atoms with Crippen molar-refractivity contribution in [3.63, 3.8) is 0 Å². The first kappa shape index (κ1) is 30.4. The second-order valence-corrected chi connectivity index (χ2v) is 14.7. The summed E-state index contributed by atoms with van der Waals surface area (Å²) in [6.45, 7) is 16.6. The van der Waals surface area contributed by atoms with Gasteiger partial charge in [-0.1, -0.05) is 57.2 Å². The first-order valence-corrected chi connectivity index (χ1v) is 14.7. The van der Waals surface area contributed by atoms with Crippen LogP contribution < -0.4 is 5.32 Å². The highest BCUT2D eigenvalue weighted by Crippen LogP contribution is 2.38. The highest BCUT2D eigenvalue weighted by molar-refractivity contribution is 6.74. The molecule has 1 N–H and O–H groups in total. The van der Waals surface area contributed by atoms with E-state index in [9.17, 15) is 14.4 Å². The fourth-order valence-corrected chi connectivity index (χ4v) is 4.64. The molecule has 1 aromatic rings. The number of hydrogen-bond donors (Lipinski definition) is 1. The van der Waals surface area contributed by atoms with E-state index in [-0.39, 0.29) is 11.6 Å². The van der Waals surface area contributed by atoms with Crippen molar-refractivity contribution in [1.29, 1.82) is 0 Å². The van der Waals surface area contributed by atoms with Gasteiger partial charge < -0.3 is 24.0 Å². The molecule has 0 aliphatic carbocycles. The number of ether oxygens (including phenoxy) is 3. The van der Waals surface area contributed by atoms with Gasteiger partial charge in [0.25, 0.3) is 0 Å². The summed E-state index contributed by atoms with van der Waals surface area (Å²) < 4.78 is 23.1. The number of benzene rings is 1. The summed E-state index contributed by atoms with van der Waals surface area (Å²) in [6, 6.07) is 8.28. The van der Waals surface area contributed by atoms with Crippen molar-refractivity contribution in [2.75, 3.05) is 0 Å². The molecule has 0 unspecified atom stereocenters. The van der Waals surface area contributed by atoms with Crippen LogP contribution in [0.4, 0.5) is 4.79 Å². The number of nitrogens with one attached hydrogen (secondary N) is 1. The van der Waals surface area contributed by atoms with E-state index in [1.165, 1.54) is 13.8 Å². The van der Waals surface area contributed by atoms with Gasteiger partial charge in [-0.15, -0.1) is 0 Å².